The van der Waals surface area contributed by atoms with E-state index in [1.165, 1.54) is 0 Å². The van der Waals surface area contributed by atoms with Crippen molar-refractivity contribution >= 4 is 12.0 Å². The van der Waals surface area contributed by atoms with E-state index in [0.717, 1.165) is 12.0 Å². The summed E-state index contributed by atoms with van der Waals surface area (Å²) < 4.78 is 5.35. The molecule has 1 fully saturated rings. The number of aryl methyl sites for hydroxylation is 1. The number of nitrogens with one attached hydrogen (secondary N) is 1. The molecule has 1 aromatic carbocycles. The van der Waals surface area contributed by atoms with Crippen LogP contribution in [0, 0.1) is 6.92 Å². The van der Waals surface area contributed by atoms with Crippen molar-refractivity contribution in [3.63, 3.8) is 0 Å². The number of ether oxygens (including phenoxy) is 1. The van der Waals surface area contributed by atoms with Crippen molar-refractivity contribution in [3.8, 4) is 0 Å². The second-order valence-corrected chi connectivity index (χ2v) is 6.75. The first-order chi connectivity index (χ1) is 11.2. The molecule has 1 aliphatic rings. The standard InChI is InChI=1S/C17H24N2O3.C2H6/c1-12-5-7-13(8-6-12)15(20)18-14-9-10-19(11-14)16(21)22-17(2,3)4;1-2/h5-8,14H,9-11H2,1-4H3,(H,18,20);1-2H3/t14-;/m1./s1. The Bertz CT molecular complexity index is 547. The van der Waals surface area contributed by atoms with Gasteiger partial charge in [0.1, 0.15) is 5.60 Å². The summed E-state index contributed by atoms with van der Waals surface area (Å²) in [6.45, 7) is 12.6. The normalized spacial score (nSPS) is 16.9. The third-order valence-corrected chi connectivity index (χ3v) is 3.49. The number of carbonyl (C=O) groups excluding carboxylic acids is 2. The number of amides is 2. The molecule has 1 aromatic rings. The van der Waals surface area contributed by atoms with Gasteiger partial charge in [0.05, 0.1) is 0 Å². The Morgan fingerprint density at radius 1 is 1.17 bits per heavy atom. The van der Waals surface area contributed by atoms with Gasteiger partial charge in [-0.2, -0.15) is 0 Å². The van der Waals surface area contributed by atoms with Crippen LogP contribution >= 0.6 is 0 Å². The van der Waals surface area contributed by atoms with E-state index in [9.17, 15) is 9.59 Å². The molecule has 0 aromatic heterocycles. The SMILES string of the molecule is CC.Cc1ccc(C(=O)N[C@@H]2CCN(C(=O)OC(C)(C)C)C2)cc1. The first-order valence-electron chi connectivity index (χ1n) is 8.60. The van der Waals surface area contributed by atoms with E-state index in [2.05, 4.69) is 5.32 Å². The zero-order chi connectivity index (χ0) is 18.3. The third kappa shape index (κ3) is 6.22. The van der Waals surface area contributed by atoms with Gasteiger partial charge in [0, 0.05) is 24.7 Å². The summed E-state index contributed by atoms with van der Waals surface area (Å²) in [6.07, 6.45) is 0.427. The molecule has 1 aliphatic heterocycles. The Balaban J connectivity index is 0.00000139. The number of carbonyl (C=O) groups is 2. The lowest BCUT2D eigenvalue weighted by atomic mass is 10.1. The topological polar surface area (TPSA) is 58.6 Å². The molecule has 134 valence electrons. The number of hydrogen-bond donors (Lipinski definition) is 1. The molecular weight excluding hydrogens is 304 g/mol. The van der Waals surface area contributed by atoms with Crippen molar-refractivity contribution in [2.45, 2.75) is 59.6 Å². The predicted octanol–water partition coefficient (Wildman–Crippen LogP) is 3.76. The van der Waals surface area contributed by atoms with E-state index in [4.69, 9.17) is 4.74 Å². The molecular formula is C19H30N2O3. The minimum absolute atomic E-state index is 0.0266. The van der Waals surface area contributed by atoms with Crippen LogP contribution in [0.15, 0.2) is 24.3 Å². The highest BCUT2D eigenvalue weighted by Gasteiger charge is 2.30. The maximum absolute atomic E-state index is 12.2. The summed E-state index contributed by atoms with van der Waals surface area (Å²) in [5.74, 6) is -0.101. The summed E-state index contributed by atoms with van der Waals surface area (Å²) >= 11 is 0. The van der Waals surface area contributed by atoms with Gasteiger partial charge in [0.2, 0.25) is 0 Å². The molecule has 2 amide bonds. The zero-order valence-electron chi connectivity index (χ0n) is 15.7. The fourth-order valence-electron chi connectivity index (χ4n) is 2.34. The van der Waals surface area contributed by atoms with Crippen LogP contribution in [0.3, 0.4) is 0 Å². The molecule has 1 N–H and O–H groups in total. The molecule has 1 heterocycles. The highest BCUT2D eigenvalue weighted by molar-refractivity contribution is 5.94. The Morgan fingerprint density at radius 2 is 1.75 bits per heavy atom. The Morgan fingerprint density at radius 3 is 2.29 bits per heavy atom. The van der Waals surface area contributed by atoms with Crippen LogP contribution in [0.2, 0.25) is 0 Å². The molecule has 0 unspecified atom stereocenters. The molecule has 0 bridgehead atoms. The minimum Gasteiger partial charge on any atom is -0.444 e. The average molecular weight is 334 g/mol. The van der Waals surface area contributed by atoms with Gasteiger partial charge >= 0.3 is 6.09 Å². The van der Waals surface area contributed by atoms with E-state index in [1.807, 2.05) is 65.8 Å². The predicted molar refractivity (Wildman–Crippen MR) is 96.2 cm³/mol. The maximum Gasteiger partial charge on any atom is 0.410 e. The van der Waals surface area contributed by atoms with Crippen LogP contribution in [0.1, 0.15) is 57.0 Å². The average Bonchev–Trinajstić information content (AvgIpc) is 2.97. The summed E-state index contributed by atoms with van der Waals surface area (Å²) in [5.41, 5.74) is 1.26. The van der Waals surface area contributed by atoms with Gasteiger partial charge in [-0.15, -0.1) is 0 Å². The number of rotatable bonds is 2. The molecule has 0 spiro atoms. The van der Waals surface area contributed by atoms with Crippen molar-refractivity contribution in [2.75, 3.05) is 13.1 Å². The van der Waals surface area contributed by atoms with Crippen molar-refractivity contribution in [1.82, 2.24) is 10.2 Å². The smallest absolute Gasteiger partial charge is 0.410 e. The van der Waals surface area contributed by atoms with Gasteiger partial charge < -0.3 is 15.0 Å². The number of benzene rings is 1. The number of nitrogens with zero attached hydrogens (tertiary/aromatic N) is 1. The lowest BCUT2D eigenvalue weighted by Crippen LogP contribution is -2.40. The van der Waals surface area contributed by atoms with Crippen molar-refractivity contribution < 1.29 is 14.3 Å². The molecule has 1 saturated heterocycles. The Kier molecular flexibility index (Phi) is 7.26. The Hall–Kier alpha value is -2.04. The first-order valence-corrected chi connectivity index (χ1v) is 8.60. The van der Waals surface area contributed by atoms with Crippen LogP contribution in [0.25, 0.3) is 0 Å². The largest absolute Gasteiger partial charge is 0.444 e. The summed E-state index contributed by atoms with van der Waals surface area (Å²) in [6, 6.07) is 7.42. The lowest BCUT2D eigenvalue weighted by molar-refractivity contribution is 0.0290. The second-order valence-electron chi connectivity index (χ2n) is 6.75. The minimum atomic E-state index is -0.500. The van der Waals surface area contributed by atoms with Crippen LogP contribution < -0.4 is 5.32 Å². The van der Waals surface area contributed by atoms with Gasteiger partial charge in [-0.05, 0) is 46.2 Å². The van der Waals surface area contributed by atoms with E-state index < -0.39 is 5.60 Å². The van der Waals surface area contributed by atoms with E-state index in [-0.39, 0.29) is 18.0 Å². The van der Waals surface area contributed by atoms with Crippen LogP contribution in [-0.2, 0) is 4.74 Å². The second kappa shape index (κ2) is 8.71. The van der Waals surface area contributed by atoms with E-state index >= 15 is 0 Å². The molecule has 5 nitrogen and oxygen atoms in total. The number of hydrogen-bond acceptors (Lipinski definition) is 3. The van der Waals surface area contributed by atoms with E-state index in [1.54, 1.807) is 4.90 Å². The summed E-state index contributed by atoms with van der Waals surface area (Å²) in [7, 11) is 0. The monoisotopic (exact) mass is 334 g/mol. The van der Waals surface area contributed by atoms with Gasteiger partial charge in [0.15, 0.2) is 0 Å². The molecule has 2 rings (SSSR count). The Labute approximate surface area is 145 Å². The highest BCUT2D eigenvalue weighted by atomic mass is 16.6. The van der Waals surface area contributed by atoms with Crippen LogP contribution in [0.5, 0.6) is 0 Å². The third-order valence-electron chi connectivity index (χ3n) is 3.49. The molecule has 1 atom stereocenters. The fraction of sp³-hybridized carbons (Fsp3) is 0.579. The zero-order valence-corrected chi connectivity index (χ0v) is 15.7. The molecule has 24 heavy (non-hydrogen) atoms. The molecule has 0 saturated carbocycles. The van der Waals surface area contributed by atoms with Gasteiger partial charge in [-0.25, -0.2) is 4.79 Å². The van der Waals surface area contributed by atoms with Gasteiger partial charge in [-0.1, -0.05) is 31.5 Å². The van der Waals surface area contributed by atoms with Crippen LogP contribution in [-0.4, -0.2) is 41.6 Å². The van der Waals surface area contributed by atoms with Gasteiger partial charge in [-0.3, -0.25) is 4.79 Å². The summed E-state index contributed by atoms with van der Waals surface area (Å²) in [4.78, 5) is 25.8. The van der Waals surface area contributed by atoms with Crippen LogP contribution in [0.4, 0.5) is 4.79 Å². The fourth-order valence-corrected chi connectivity index (χ4v) is 2.34. The lowest BCUT2D eigenvalue weighted by Gasteiger charge is -2.24. The van der Waals surface area contributed by atoms with Crippen molar-refractivity contribution in [1.29, 1.82) is 0 Å². The molecule has 5 heteroatoms. The van der Waals surface area contributed by atoms with Crippen molar-refractivity contribution in [3.05, 3.63) is 35.4 Å². The number of likely N-dealkylation sites (tertiary alicyclic amines) is 1. The van der Waals surface area contributed by atoms with Crippen molar-refractivity contribution in [2.24, 2.45) is 0 Å². The molecule has 0 aliphatic carbocycles. The summed E-state index contributed by atoms with van der Waals surface area (Å²) in [5, 5.41) is 2.97. The van der Waals surface area contributed by atoms with Gasteiger partial charge in [0.25, 0.3) is 5.91 Å². The maximum atomic E-state index is 12.2. The molecule has 0 radical (unpaired) electrons. The highest BCUT2D eigenvalue weighted by Crippen LogP contribution is 2.15. The first kappa shape index (κ1) is 20.0. The van der Waals surface area contributed by atoms with E-state index in [0.29, 0.717) is 18.7 Å². The quantitative estimate of drug-likeness (QED) is 0.896.